The topological polar surface area (TPSA) is 75.6 Å². The van der Waals surface area contributed by atoms with Gasteiger partial charge in [-0.2, -0.15) is 0 Å². The van der Waals surface area contributed by atoms with Crippen LogP contribution in [0.2, 0.25) is 0 Å². The molecular weight excluding hydrogens is 246 g/mol. The van der Waals surface area contributed by atoms with E-state index >= 15 is 0 Å². The highest BCUT2D eigenvalue weighted by Gasteiger charge is 2.05. The summed E-state index contributed by atoms with van der Waals surface area (Å²) in [6.07, 6.45) is 0.126. The second-order valence-electron chi connectivity index (χ2n) is 4.67. The van der Waals surface area contributed by atoms with Gasteiger partial charge >= 0.3 is 12.1 Å². The monoisotopic (exact) mass is 265 g/mol. The standard InChI is InChI=1S/C14H19NO4/c1-10(2)9-19-14(18)15-7-6-11-4-3-5-12(8-11)13(16)17/h3-5,8,10H,6-7,9H2,1-2H3,(H,15,18)(H,16,17). The van der Waals surface area contributed by atoms with Crippen molar-refractivity contribution in [1.29, 1.82) is 0 Å². The van der Waals surface area contributed by atoms with Crippen molar-refractivity contribution in [3.05, 3.63) is 35.4 Å². The van der Waals surface area contributed by atoms with Gasteiger partial charge in [-0.3, -0.25) is 0 Å². The third-order valence-corrected chi connectivity index (χ3v) is 2.40. The highest BCUT2D eigenvalue weighted by molar-refractivity contribution is 5.87. The lowest BCUT2D eigenvalue weighted by Gasteiger charge is -2.08. The number of hydrogen-bond donors (Lipinski definition) is 2. The predicted molar refractivity (Wildman–Crippen MR) is 71.3 cm³/mol. The SMILES string of the molecule is CC(C)COC(=O)NCCc1cccc(C(=O)O)c1. The van der Waals surface area contributed by atoms with Crippen LogP contribution in [0, 0.1) is 5.92 Å². The van der Waals surface area contributed by atoms with Crippen molar-refractivity contribution < 1.29 is 19.4 Å². The lowest BCUT2D eigenvalue weighted by Crippen LogP contribution is -2.27. The fraction of sp³-hybridized carbons (Fsp3) is 0.429. The van der Waals surface area contributed by atoms with Gasteiger partial charge in [-0.05, 0) is 30.0 Å². The molecule has 2 N–H and O–H groups in total. The molecule has 19 heavy (non-hydrogen) atoms. The molecule has 0 atom stereocenters. The number of carbonyl (C=O) groups excluding carboxylic acids is 1. The Balaban J connectivity index is 2.35. The zero-order chi connectivity index (χ0) is 14.3. The van der Waals surface area contributed by atoms with Crippen molar-refractivity contribution in [2.75, 3.05) is 13.2 Å². The summed E-state index contributed by atoms with van der Waals surface area (Å²) in [7, 11) is 0. The number of aromatic carboxylic acids is 1. The first-order chi connectivity index (χ1) is 8.99. The van der Waals surface area contributed by atoms with Crippen molar-refractivity contribution in [2.45, 2.75) is 20.3 Å². The van der Waals surface area contributed by atoms with Crippen LogP contribution in [0.4, 0.5) is 4.79 Å². The highest BCUT2D eigenvalue weighted by Crippen LogP contribution is 2.05. The molecule has 0 aliphatic heterocycles. The minimum atomic E-state index is -0.953. The molecule has 0 saturated carbocycles. The number of hydrogen-bond acceptors (Lipinski definition) is 3. The smallest absolute Gasteiger partial charge is 0.407 e. The number of nitrogens with one attached hydrogen (secondary N) is 1. The van der Waals surface area contributed by atoms with E-state index in [0.717, 1.165) is 5.56 Å². The minimum absolute atomic E-state index is 0.250. The van der Waals surface area contributed by atoms with Crippen LogP contribution in [-0.2, 0) is 11.2 Å². The largest absolute Gasteiger partial charge is 0.478 e. The van der Waals surface area contributed by atoms with Crippen LogP contribution in [-0.4, -0.2) is 30.3 Å². The van der Waals surface area contributed by atoms with Crippen LogP contribution in [0.3, 0.4) is 0 Å². The summed E-state index contributed by atoms with van der Waals surface area (Å²) >= 11 is 0. The Kier molecular flexibility index (Phi) is 5.85. The summed E-state index contributed by atoms with van der Waals surface area (Å²) in [6.45, 7) is 4.73. The molecule has 0 fully saturated rings. The van der Waals surface area contributed by atoms with E-state index in [4.69, 9.17) is 9.84 Å². The maximum absolute atomic E-state index is 11.3. The molecule has 0 aliphatic rings. The maximum atomic E-state index is 11.3. The number of alkyl carbamates (subject to hydrolysis) is 1. The third-order valence-electron chi connectivity index (χ3n) is 2.40. The van der Waals surface area contributed by atoms with Crippen LogP contribution >= 0.6 is 0 Å². The zero-order valence-electron chi connectivity index (χ0n) is 11.2. The Labute approximate surface area is 112 Å². The summed E-state index contributed by atoms with van der Waals surface area (Å²) in [5.41, 5.74) is 1.11. The number of benzene rings is 1. The van der Waals surface area contributed by atoms with Crippen molar-refractivity contribution in [3.8, 4) is 0 Å². The third kappa shape index (κ3) is 5.90. The van der Waals surface area contributed by atoms with Gasteiger partial charge in [0.15, 0.2) is 0 Å². The van der Waals surface area contributed by atoms with E-state index in [0.29, 0.717) is 25.5 Å². The first-order valence-electron chi connectivity index (χ1n) is 6.22. The van der Waals surface area contributed by atoms with Crippen LogP contribution in [0.15, 0.2) is 24.3 Å². The van der Waals surface area contributed by atoms with E-state index in [2.05, 4.69) is 5.32 Å². The van der Waals surface area contributed by atoms with Crippen LogP contribution in [0.5, 0.6) is 0 Å². The van der Waals surface area contributed by atoms with Crippen LogP contribution in [0.1, 0.15) is 29.8 Å². The van der Waals surface area contributed by atoms with Crippen molar-refractivity contribution in [1.82, 2.24) is 5.32 Å². The second-order valence-corrected chi connectivity index (χ2v) is 4.67. The first-order valence-corrected chi connectivity index (χ1v) is 6.22. The number of rotatable bonds is 6. The van der Waals surface area contributed by atoms with Gasteiger partial charge in [0.25, 0.3) is 0 Å². The Bertz CT molecular complexity index is 443. The van der Waals surface area contributed by atoms with E-state index in [1.807, 2.05) is 19.9 Å². The Morgan fingerprint density at radius 2 is 2.11 bits per heavy atom. The molecule has 0 heterocycles. The Morgan fingerprint density at radius 1 is 1.37 bits per heavy atom. The summed E-state index contributed by atoms with van der Waals surface area (Å²) in [5, 5.41) is 11.5. The molecule has 0 saturated heterocycles. The van der Waals surface area contributed by atoms with Gasteiger partial charge in [0.2, 0.25) is 0 Å². The number of amides is 1. The van der Waals surface area contributed by atoms with Crippen molar-refractivity contribution in [3.63, 3.8) is 0 Å². The zero-order valence-corrected chi connectivity index (χ0v) is 11.2. The second kappa shape index (κ2) is 7.41. The summed E-state index contributed by atoms with van der Waals surface area (Å²) in [6, 6.07) is 6.66. The average molecular weight is 265 g/mol. The van der Waals surface area contributed by atoms with Gasteiger partial charge in [0.1, 0.15) is 0 Å². The molecule has 0 aromatic heterocycles. The molecule has 1 aromatic rings. The molecular formula is C14H19NO4. The van der Waals surface area contributed by atoms with E-state index in [1.165, 1.54) is 6.07 Å². The van der Waals surface area contributed by atoms with E-state index in [-0.39, 0.29) is 5.56 Å². The van der Waals surface area contributed by atoms with E-state index < -0.39 is 12.1 Å². The maximum Gasteiger partial charge on any atom is 0.407 e. The summed E-state index contributed by atoms with van der Waals surface area (Å²) < 4.78 is 4.96. The first kappa shape index (κ1) is 15.0. The fourth-order valence-electron chi connectivity index (χ4n) is 1.46. The van der Waals surface area contributed by atoms with Gasteiger partial charge in [0.05, 0.1) is 12.2 Å². The Hall–Kier alpha value is -2.04. The molecule has 1 rings (SSSR count). The molecule has 104 valence electrons. The quantitative estimate of drug-likeness (QED) is 0.827. The van der Waals surface area contributed by atoms with Crippen molar-refractivity contribution >= 4 is 12.1 Å². The predicted octanol–water partition coefficient (Wildman–Crippen LogP) is 2.31. The molecule has 5 heteroatoms. The number of carbonyl (C=O) groups is 2. The molecule has 0 spiro atoms. The van der Waals surface area contributed by atoms with Crippen molar-refractivity contribution in [2.24, 2.45) is 5.92 Å². The van der Waals surface area contributed by atoms with Crippen LogP contribution in [0.25, 0.3) is 0 Å². The lowest BCUT2D eigenvalue weighted by atomic mass is 10.1. The van der Waals surface area contributed by atoms with Gasteiger partial charge in [-0.15, -0.1) is 0 Å². The molecule has 1 amide bonds. The van der Waals surface area contributed by atoms with Gasteiger partial charge in [0, 0.05) is 6.54 Å². The molecule has 0 radical (unpaired) electrons. The van der Waals surface area contributed by atoms with Crippen LogP contribution < -0.4 is 5.32 Å². The minimum Gasteiger partial charge on any atom is -0.478 e. The van der Waals surface area contributed by atoms with Gasteiger partial charge < -0.3 is 15.2 Å². The van der Waals surface area contributed by atoms with Gasteiger partial charge in [-0.1, -0.05) is 26.0 Å². The molecule has 0 bridgehead atoms. The normalized spacial score (nSPS) is 10.3. The molecule has 0 aliphatic carbocycles. The van der Waals surface area contributed by atoms with E-state index in [1.54, 1.807) is 12.1 Å². The average Bonchev–Trinajstić information content (AvgIpc) is 2.36. The van der Waals surface area contributed by atoms with E-state index in [9.17, 15) is 9.59 Å². The summed E-state index contributed by atoms with van der Waals surface area (Å²) in [4.78, 5) is 22.1. The number of carboxylic acids is 1. The lowest BCUT2D eigenvalue weighted by molar-refractivity contribution is 0.0696. The molecule has 1 aromatic carbocycles. The fourth-order valence-corrected chi connectivity index (χ4v) is 1.46. The highest BCUT2D eigenvalue weighted by atomic mass is 16.5. The number of carboxylic acid groups (broad SMARTS) is 1. The number of ether oxygens (including phenoxy) is 1. The Morgan fingerprint density at radius 3 is 2.74 bits per heavy atom. The molecule has 5 nitrogen and oxygen atoms in total. The molecule has 0 unspecified atom stereocenters. The summed E-state index contributed by atoms with van der Waals surface area (Å²) in [5.74, 6) is -0.649. The van der Waals surface area contributed by atoms with Gasteiger partial charge in [-0.25, -0.2) is 9.59 Å².